The first-order chi connectivity index (χ1) is 13.8. The van der Waals surface area contributed by atoms with Gasteiger partial charge in [0.1, 0.15) is 0 Å². The van der Waals surface area contributed by atoms with Gasteiger partial charge in [0.15, 0.2) is 6.61 Å². The number of aryl methyl sites for hydroxylation is 2. The number of carbonyl (C=O) groups excluding carboxylic acids is 3. The van der Waals surface area contributed by atoms with Crippen LogP contribution in [0.4, 0.5) is 0 Å². The van der Waals surface area contributed by atoms with Crippen LogP contribution in [0.5, 0.6) is 0 Å². The summed E-state index contributed by atoms with van der Waals surface area (Å²) in [4.78, 5) is 36.1. The van der Waals surface area contributed by atoms with Crippen molar-refractivity contribution >= 4 is 17.7 Å². The number of hydrogen-bond donors (Lipinski definition) is 0. The molecule has 0 radical (unpaired) electrons. The maximum atomic E-state index is 12.6. The molecule has 0 bridgehead atoms. The second-order valence-corrected chi connectivity index (χ2v) is 6.49. The molecular weight excluding hydrogens is 376 g/mol. The number of carbonyl (C=O) groups is 3. The lowest BCUT2D eigenvalue weighted by Crippen LogP contribution is -2.14. The average molecular weight is 396 g/mol. The Kier molecular flexibility index (Phi) is 5.63. The van der Waals surface area contributed by atoms with E-state index in [0.717, 1.165) is 11.4 Å². The molecule has 29 heavy (non-hydrogen) atoms. The summed E-state index contributed by atoms with van der Waals surface area (Å²) in [5.74, 6) is -1.55. The third kappa shape index (κ3) is 4.11. The molecule has 0 saturated carbocycles. The molecule has 3 rings (SSSR count). The van der Waals surface area contributed by atoms with Crippen molar-refractivity contribution in [1.82, 2.24) is 9.72 Å². The highest BCUT2D eigenvalue weighted by atomic mass is 16.6. The Balaban J connectivity index is 1.77. The number of methoxy groups -OCH3 is 1. The molecule has 0 N–H and O–H groups in total. The number of hydrogen-bond acceptors (Lipinski definition) is 7. The molecule has 8 nitrogen and oxygen atoms in total. The molecule has 0 aliphatic rings. The molecule has 150 valence electrons. The number of esters is 2. The SMILES string of the molecule is COC(=O)c1ccc(-n2c(C)cc(C(=O)COC(=O)c3cc(C)no3)c2C)cc1. The summed E-state index contributed by atoms with van der Waals surface area (Å²) in [6.07, 6.45) is 0. The average Bonchev–Trinajstić information content (AvgIpc) is 3.28. The first-order valence-electron chi connectivity index (χ1n) is 8.83. The summed E-state index contributed by atoms with van der Waals surface area (Å²) in [7, 11) is 1.32. The van der Waals surface area contributed by atoms with E-state index in [1.807, 2.05) is 11.5 Å². The fourth-order valence-electron chi connectivity index (χ4n) is 3.05. The molecule has 0 aliphatic carbocycles. The van der Waals surface area contributed by atoms with Crippen LogP contribution in [0.1, 0.15) is 48.4 Å². The zero-order valence-electron chi connectivity index (χ0n) is 16.5. The van der Waals surface area contributed by atoms with Crippen LogP contribution < -0.4 is 0 Å². The van der Waals surface area contributed by atoms with Crippen molar-refractivity contribution in [2.45, 2.75) is 20.8 Å². The van der Waals surface area contributed by atoms with Gasteiger partial charge >= 0.3 is 11.9 Å². The molecule has 0 unspecified atom stereocenters. The van der Waals surface area contributed by atoms with E-state index in [1.165, 1.54) is 13.2 Å². The summed E-state index contributed by atoms with van der Waals surface area (Å²) in [5, 5.41) is 3.62. The Morgan fingerprint density at radius 2 is 1.72 bits per heavy atom. The van der Waals surface area contributed by atoms with E-state index in [9.17, 15) is 14.4 Å². The highest BCUT2D eigenvalue weighted by Crippen LogP contribution is 2.22. The van der Waals surface area contributed by atoms with E-state index in [4.69, 9.17) is 14.0 Å². The fraction of sp³-hybridized carbons (Fsp3) is 0.238. The standard InChI is InChI=1S/C21H20N2O6/c1-12-9-19(29-22-12)21(26)28-11-18(24)17-10-13(2)23(14(17)3)16-7-5-15(6-8-16)20(25)27-4/h5-10H,11H2,1-4H3. The molecule has 0 spiro atoms. The first kappa shape index (κ1) is 20.1. The maximum absolute atomic E-state index is 12.6. The highest BCUT2D eigenvalue weighted by Gasteiger charge is 2.20. The largest absolute Gasteiger partial charge is 0.465 e. The molecule has 1 aromatic carbocycles. The second kappa shape index (κ2) is 8.14. The molecule has 0 saturated heterocycles. The van der Waals surface area contributed by atoms with Crippen molar-refractivity contribution in [3.8, 4) is 5.69 Å². The van der Waals surface area contributed by atoms with Gasteiger partial charge in [-0.2, -0.15) is 0 Å². The van der Waals surface area contributed by atoms with Gasteiger partial charge in [-0.15, -0.1) is 0 Å². The maximum Gasteiger partial charge on any atom is 0.377 e. The second-order valence-electron chi connectivity index (χ2n) is 6.49. The third-order valence-corrected chi connectivity index (χ3v) is 4.44. The third-order valence-electron chi connectivity index (χ3n) is 4.44. The van der Waals surface area contributed by atoms with Crippen LogP contribution in [0, 0.1) is 20.8 Å². The van der Waals surface area contributed by atoms with Gasteiger partial charge in [-0.05, 0) is 51.1 Å². The molecule has 8 heteroatoms. The van der Waals surface area contributed by atoms with E-state index < -0.39 is 18.5 Å². The predicted octanol–water partition coefficient (Wildman–Crippen LogP) is 3.22. The zero-order chi connectivity index (χ0) is 21.1. The van der Waals surface area contributed by atoms with E-state index >= 15 is 0 Å². The van der Waals surface area contributed by atoms with Crippen LogP contribution in [-0.4, -0.2) is 41.2 Å². The smallest absolute Gasteiger partial charge is 0.377 e. The van der Waals surface area contributed by atoms with Gasteiger partial charge in [0, 0.05) is 28.7 Å². The monoisotopic (exact) mass is 396 g/mol. The number of Topliss-reactive ketones (excluding diaryl/α,β-unsaturated/α-hetero) is 1. The van der Waals surface area contributed by atoms with E-state index in [-0.39, 0.29) is 11.5 Å². The molecule has 3 aromatic rings. The number of nitrogens with zero attached hydrogens (tertiary/aromatic N) is 2. The highest BCUT2D eigenvalue weighted by molar-refractivity contribution is 6.00. The molecule has 0 aliphatic heterocycles. The fourth-order valence-corrected chi connectivity index (χ4v) is 3.05. The van der Waals surface area contributed by atoms with Crippen LogP contribution >= 0.6 is 0 Å². The van der Waals surface area contributed by atoms with Gasteiger partial charge in [-0.3, -0.25) is 4.79 Å². The Labute approximate surface area is 167 Å². The van der Waals surface area contributed by atoms with Crippen molar-refractivity contribution in [2.75, 3.05) is 13.7 Å². The molecule has 2 aromatic heterocycles. The summed E-state index contributed by atoms with van der Waals surface area (Å²) in [6.45, 7) is 4.93. The lowest BCUT2D eigenvalue weighted by atomic mass is 10.1. The minimum absolute atomic E-state index is 0.0496. The van der Waals surface area contributed by atoms with Crippen LogP contribution in [0.3, 0.4) is 0 Å². The predicted molar refractivity (Wildman–Crippen MR) is 102 cm³/mol. The van der Waals surface area contributed by atoms with Crippen molar-refractivity contribution < 1.29 is 28.4 Å². The zero-order valence-corrected chi connectivity index (χ0v) is 16.5. The first-order valence-corrected chi connectivity index (χ1v) is 8.83. The number of aromatic nitrogens is 2. The van der Waals surface area contributed by atoms with Gasteiger partial charge in [0.25, 0.3) is 0 Å². The number of ether oxygens (including phenoxy) is 2. The molecule has 0 fully saturated rings. The van der Waals surface area contributed by atoms with Crippen molar-refractivity contribution in [3.05, 3.63) is 70.4 Å². The quantitative estimate of drug-likeness (QED) is 0.466. The van der Waals surface area contributed by atoms with Gasteiger partial charge in [0.2, 0.25) is 11.5 Å². The van der Waals surface area contributed by atoms with Crippen molar-refractivity contribution in [3.63, 3.8) is 0 Å². The molecule has 0 amide bonds. The van der Waals surface area contributed by atoms with Gasteiger partial charge < -0.3 is 18.6 Å². The van der Waals surface area contributed by atoms with E-state index in [0.29, 0.717) is 22.5 Å². The summed E-state index contributed by atoms with van der Waals surface area (Å²) in [6, 6.07) is 10.0. The molecular formula is C21H20N2O6. The summed E-state index contributed by atoms with van der Waals surface area (Å²) in [5.41, 5.74) is 3.75. The number of ketones is 1. The van der Waals surface area contributed by atoms with Gasteiger partial charge in [-0.25, -0.2) is 9.59 Å². The van der Waals surface area contributed by atoms with E-state index in [2.05, 4.69) is 5.16 Å². The molecule has 0 atom stereocenters. The van der Waals surface area contributed by atoms with E-state index in [1.54, 1.807) is 44.2 Å². The minimum Gasteiger partial charge on any atom is -0.465 e. The Bertz CT molecular complexity index is 1080. The Hall–Kier alpha value is -3.68. The van der Waals surface area contributed by atoms with Crippen molar-refractivity contribution in [2.24, 2.45) is 0 Å². The molecule has 2 heterocycles. The van der Waals surface area contributed by atoms with Crippen LogP contribution in [-0.2, 0) is 9.47 Å². The summed E-state index contributed by atoms with van der Waals surface area (Å²) < 4.78 is 16.5. The lowest BCUT2D eigenvalue weighted by molar-refractivity contribution is 0.0434. The van der Waals surface area contributed by atoms with Crippen LogP contribution in [0.2, 0.25) is 0 Å². The van der Waals surface area contributed by atoms with Crippen LogP contribution in [0.25, 0.3) is 5.69 Å². The van der Waals surface area contributed by atoms with Gasteiger partial charge in [-0.1, -0.05) is 5.16 Å². The Morgan fingerprint density at radius 1 is 1.03 bits per heavy atom. The lowest BCUT2D eigenvalue weighted by Gasteiger charge is -2.10. The normalized spacial score (nSPS) is 10.6. The van der Waals surface area contributed by atoms with Crippen LogP contribution in [0.15, 0.2) is 40.9 Å². The minimum atomic E-state index is -0.744. The summed E-state index contributed by atoms with van der Waals surface area (Å²) >= 11 is 0. The van der Waals surface area contributed by atoms with Crippen molar-refractivity contribution in [1.29, 1.82) is 0 Å². The number of benzene rings is 1. The Morgan fingerprint density at radius 3 is 2.31 bits per heavy atom. The number of rotatable bonds is 6. The van der Waals surface area contributed by atoms with Gasteiger partial charge in [0.05, 0.1) is 18.4 Å². The topological polar surface area (TPSA) is 101 Å².